The van der Waals surface area contributed by atoms with Gasteiger partial charge in [0.25, 0.3) is 0 Å². The van der Waals surface area contributed by atoms with Gasteiger partial charge in [-0.1, -0.05) is 42.0 Å². The molecule has 8 rings (SSSR count). The van der Waals surface area contributed by atoms with Gasteiger partial charge < -0.3 is 24.6 Å². The van der Waals surface area contributed by atoms with Crippen LogP contribution in [0.15, 0.2) is 95.6 Å². The summed E-state index contributed by atoms with van der Waals surface area (Å²) >= 11 is 5.93. The molecular formula is C48H63ClN10O9S3. The summed E-state index contributed by atoms with van der Waals surface area (Å²) in [5, 5.41) is 18.5. The number of carbonyl (C=O) groups excluding carboxylic acids is 1. The first-order chi connectivity index (χ1) is 33.2. The number of halogens is 1. The SMILES string of the molecule is COc1ccc(CNS(=O)(=O)/C=C/C2CN(C(=O)OC(C)(C)C)C2)cc1.Cc1cc2ncnc(Cl)c2cc1C.Cc1cc2ncnc(N3CC(/C=C/S(N)(=O)=O)C3)c2cc1C.NS(=O)(=O)/C=C/C1CNC1. The van der Waals surface area contributed by atoms with Crippen molar-refractivity contribution in [1.29, 1.82) is 0 Å². The molecule has 6 N–H and O–H groups in total. The van der Waals surface area contributed by atoms with E-state index in [0.29, 0.717) is 24.2 Å². The molecule has 3 aliphatic heterocycles. The van der Waals surface area contributed by atoms with Gasteiger partial charge in [0.05, 0.1) is 18.1 Å². The maximum atomic E-state index is 12.0. The second-order valence-electron chi connectivity index (χ2n) is 18.4. The van der Waals surface area contributed by atoms with Crippen molar-refractivity contribution in [3.63, 3.8) is 0 Å². The van der Waals surface area contributed by atoms with E-state index in [1.807, 2.05) is 32.9 Å². The second kappa shape index (κ2) is 24.2. The molecule has 5 heterocycles. The standard InChI is InChI=1S/C18H26N2O5S.C15H18N4O2S.C10H9ClN2.C5H10N2O2S/c1-18(2,3)25-17(21)20-12-15(13-20)9-10-26(22,23)19-11-14-5-7-16(24-4)8-6-14;1-10-5-13-14(6-11(10)2)17-9-18-15(13)19-7-12(8-19)3-4-22(16,20)21;1-6-3-8-9(4-7(6)2)12-5-13-10(8)11;6-10(8,9)2-1-5-3-7-4-5/h5-10,15,19H,11-13H2,1-4H3;3-6,9,12H,7-8H2,1-2H3,(H2,16,20,21);3-5H,1-2H3;1-2,5,7H,3-4H2,(H2,6,8,9)/b10-9+;4-3+;;2-1+. The molecule has 0 atom stereocenters. The first kappa shape index (κ1) is 56.3. The van der Waals surface area contributed by atoms with E-state index in [2.05, 4.69) is 74.7 Å². The van der Waals surface area contributed by atoms with E-state index in [4.69, 9.17) is 31.4 Å². The highest BCUT2D eigenvalue weighted by Crippen LogP contribution is 2.31. The van der Waals surface area contributed by atoms with Gasteiger partial charge in [-0.25, -0.2) is 65.0 Å². The van der Waals surface area contributed by atoms with Gasteiger partial charge >= 0.3 is 6.09 Å². The van der Waals surface area contributed by atoms with E-state index >= 15 is 0 Å². The van der Waals surface area contributed by atoms with Gasteiger partial charge in [-0.3, -0.25) is 0 Å². The normalized spacial score (nSPS) is 15.8. The molecule has 3 fully saturated rings. The number of methoxy groups -OCH3 is 1. The van der Waals surface area contributed by atoms with Crippen LogP contribution in [0, 0.1) is 45.4 Å². The molecule has 5 aromatic rings. The molecule has 0 saturated carbocycles. The van der Waals surface area contributed by atoms with Crippen LogP contribution in [0.3, 0.4) is 0 Å². The largest absolute Gasteiger partial charge is 0.497 e. The van der Waals surface area contributed by atoms with Crippen molar-refractivity contribution in [2.45, 2.75) is 60.6 Å². The predicted octanol–water partition coefficient (Wildman–Crippen LogP) is 5.89. The summed E-state index contributed by atoms with van der Waals surface area (Å²) in [4.78, 5) is 32.3. The Morgan fingerprint density at radius 1 is 0.732 bits per heavy atom. The fraction of sp³-hybridized carbons (Fsp3) is 0.396. The van der Waals surface area contributed by atoms with Gasteiger partial charge in [0.1, 0.15) is 35.0 Å². The fourth-order valence-corrected chi connectivity index (χ4v) is 8.80. The molecule has 0 unspecified atom stereocenters. The summed E-state index contributed by atoms with van der Waals surface area (Å²) in [5.74, 6) is 2.15. The minimum atomic E-state index is -3.55. The number of primary sulfonamides is 2. The maximum absolute atomic E-state index is 12.0. The van der Waals surface area contributed by atoms with Crippen LogP contribution in [0.5, 0.6) is 5.75 Å². The summed E-state index contributed by atoms with van der Waals surface area (Å²) in [6.45, 7) is 17.9. The third kappa shape index (κ3) is 18.2. The van der Waals surface area contributed by atoms with Crippen molar-refractivity contribution >= 4 is 75.4 Å². The Kier molecular flexibility index (Phi) is 19.2. The Hall–Kier alpha value is -5.59. The molecule has 2 aromatic heterocycles. The van der Waals surface area contributed by atoms with Crippen molar-refractivity contribution < 1.29 is 39.5 Å². The Balaban J connectivity index is 0.000000187. The van der Waals surface area contributed by atoms with Gasteiger partial charge in [-0.15, -0.1) is 0 Å². The molecule has 23 heteroatoms. The zero-order valence-corrected chi connectivity index (χ0v) is 44.2. The lowest BCUT2D eigenvalue weighted by molar-refractivity contribution is 0.00493. The summed E-state index contributed by atoms with van der Waals surface area (Å²) in [7, 11) is -8.90. The zero-order valence-electron chi connectivity index (χ0n) is 41.0. The lowest BCUT2D eigenvalue weighted by atomic mass is 9.99. The van der Waals surface area contributed by atoms with E-state index in [0.717, 1.165) is 81.3 Å². The number of hydrogen-bond donors (Lipinski definition) is 4. The van der Waals surface area contributed by atoms with E-state index in [9.17, 15) is 30.0 Å². The third-order valence-electron chi connectivity index (χ3n) is 11.3. The summed E-state index contributed by atoms with van der Waals surface area (Å²) in [5.41, 5.74) is 6.98. The number of aryl methyl sites for hydroxylation is 4. The molecule has 3 aliphatic rings. The highest BCUT2D eigenvalue weighted by atomic mass is 35.5. The number of nitrogens with zero attached hydrogens (tertiary/aromatic N) is 6. The molecule has 0 spiro atoms. The van der Waals surface area contributed by atoms with Crippen molar-refractivity contribution in [2.24, 2.45) is 28.0 Å². The molecule has 384 valence electrons. The van der Waals surface area contributed by atoms with Crippen LogP contribution in [0.4, 0.5) is 10.6 Å². The summed E-state index contributed by atoms with van der Waals surface area (Å²) in [6.07, 6.45) is 7.55. The number of hydrogen-bond acceptors (Lipinski definition) is 15. The topological polar surface area (TPSA) is 272 Å². The quantitative estimate of drug-likeness (QED) is 0.112. The van der Waals surface area contributed by atoms with Crippen LogP contribution in [0.2, 0.25) is 5.15 Å². The van der Waals surface area contributed by atoms with Crippen LogP contribution in [-0.2, 0) is 41.4 Å². The van der Waals surface area contributed by atoms with Crippen LogP contribution < -0.4 is 30.0 Å². The number of sulfonamides is 3. The number of aromatic nitrogens is 4. The minimum Gasteiger partial charge on any atom is -0.497 e. The number of anilines is 1. The van der Waals surface area contributed by atoms with E-state index in [1.165, 1.54) is 28.6 Å². The minimum absolute atomic E-state index is 0.0140. The fourth-order valence-electron chi connectivity index (χ4n) is 6.83. The number of benzene rings is 3. The highest BCUT2D eigenvalue weighted by molar-refractivity contribution is 7.92. The Labute approximate surface area is 421 Å². The smallest absolute Gasteiger partial charge is 0.410 e. The average Bonchev–Trinajstić information content (AvgIpc) is 3.22. The molecule has 71 heavy (non-hydrogen) atoms. The van der Waals surface area contributed by atoms with Gasteiger partial charge in [0.15, 0.2) is 0 Å². The van der Waals surface area contributed by atoms with Crippen molar-refractivity contribution in [1.82, 2.24) is 34.9 Å². The molecule has 3 saturated heterocycles. The maximum Gasteiger partial charge on any atom is 0.410 e. The monoisotopic (exact) mass is 1050 g/mol. The number of nitrogens with two attached hydrogens (primary N) is 2. The van der Waals surface area contributed by atoms with E-state index in [1.54, 1.807) is 60.8 Å². The third-order valence-corrected chi connectivity index (χ3v) is 13.7. The highest BCUT2D eigenvalue weighted by Gasteiger charge is 2.32. The molecular weight excluding hydrogens is 992 g/mol. The number of carbonyl (C=O) groups is 1. The number of ether oxygens (including phenoxy) is 2. The van der Waals surface area contributed by atoms with Crippen LogP contribution in [-0.4, -0.2) is 108 Å². The number of rotatable bonds is 11. The molecule has 0 radical (unpaired) electrons. The Bertz CT molecular complexity index is 3100. The zero-order chi connectivity index (χ0) is 52.3. The first-order valence-electron chi connectivity index (χ1n) is 22.4. The van der Waals surface area contributed by atoms with Gasteiger partial charge in [0, 0.05) is 90.6 Å². The average molecular weight is 1060 g/mol. The molecule has 19 nitrogen and oxygen atoms in total. The summed E-state index contributed by atoms with van der Waals surface area (Å²) < 4.78 is 79.5. The van der Waals surface area contributed by atoms with Crippen LogP contribution >= 0.6 is 11.6 Å². The van der Waals surface area contributed by atoms with Crippen molar-refractivity contribution in [3.8, 4) is 5.75 Å². The molecule has 0 bridgehead atoms. The predicted molar refractivity (Wildman–Crippen MR) is 279 cm³/mol. The molecule has 0 aliphatic carbocycles. The Morgan fingerprint density at radius 3 is 1.75 bits per heavy atom. The van der Waals surface area contributed by atoms with E-state index < -0.39 is 35.7 Å². The van der Waals surface area contributed by atoms with Crippen LogP contribution in [0.25, 0.3) is 21.8 Å². The number of likely N-dealkylation sites (tertiary alicyclic amines) is 1. The van der Waals surface area contributed by atoms with E-state index in [-0.39, 0.29) is 24.5 Å². The molecule has 1 amide bonds. The lowest BCUT2D eigenvalue weighted by Crippen LogP contribution is -2.50. The van der Waals surface area contributed by atoms with Gasteiger partial charge in [-0.05, 0) is 113 Å². The molecule has 3 aromatic carbocycles. The van der Waals surface area contributed by atoms with Crippen molar-refractivity contribution in [2.75, 3.05) is 51.3 Å². The summed E-state index contributed by atoms with van der Waals surface area (Å²) in [6, 6.07) is 15.4. The Morgan fingerprint density at radius 2 is 1.23 bits per heavy atom. The lowest BCUT2D eigenvalue weighted by Gasteiger charge is -2.39. The van der Waals surface area contributed by atoms with Gasteiger partial charge in [-0.2, -0.15) is 0 Å². The number of nitrogens with one attached hydrogen (secondary N) is 2. The van der Waals surface area contributed by atoms with Crippen LogP contribution in [0.1, 0.15) is 48.6 Å². The second-order valence-corrected chi connectivity index (χ2v) is 23.3. The van der Waals surface area contributed by atoms with Crippen molar-refractivity contribution in [3.05, 3.63) is 129 Å². The number of amides is 1. The van der Waals surface area contributed by atoms with Gasteiger partial charge in [0.2, 0.25) is 30.1 Å². The number of fused-ring (bicyclic) bond motifs is 2. The first-order valence-corrected chi connectivity index (χ1v) is 27.6.